The minimum atomic E-state index is -0.330. The molecule has 0 bridgehead atoms. The van der Waals surface area contributed by atoms with Crippen LogP contribution in [0.15, 0.2) is 24.3 Å². The van der Waals surface area contributed by atoms with E-state index in [0.717, 1.165) is 37.1 Å². The van der Waals surface area contributed by atoms with Crippen molar-refractivity contribution in [2.75, 3.05) is 6.54 Å². The Kier molecular flexibility index (Phi) is 3.44. The van der Waals surface area contributed by atoms with Crippen LogP contribution in [-0.2, 0) is 4.79 Å². The van der Waals surface area contributed by atoms with Crippen molar-refractivity contribution in [2.45, 2.75) is 32.3 Å². The van der Waals surface area contributed by atoms with Gasteiger partial charge in [0.2, 0.25) is 0 Å². The molecular formula is C13H17NO2. The van der Waals surface area contributed by atoms with Crippen LogP contribution in [0.2, 0.25) is 0 Å². The van der Waals surface area contributed by atoms with Gasteiger partial charge in [-0.25, -0.2) is 0 Å². The second-order valence-electron chi connectivity index (χ2n) is 4.16. The van der Waals surface area contributed by atoms with E-state index in [9.17, 15) is 4.79 Å². The zero-order valence-electron chi connectivity index (χ0n) is 9.53. The summed E-state index contributed by atoms with van der Waals surface area (Å²) in [6.45, 7) is 2.76. The van der Waals surface area contributed by atoms with Crippen molar-refractivity contribution in [3.63, 3.8) is 0 Å². The average Bonchev–Trinajstić information content (AvgIpc) is 2.48. The predicted octanol–water partition coefficient (Wildman–Crippen LogP) is 2.04. The molecule has 1 heterocycles. The molecule has 86 valence electrons. The zero-order valence-corrected chi connectivity index (χ0v) is 9.53. The van der Waals surface area contributed by atoms with E-state index < -0.39 is 0 Å². The van der Waals surface area contributed by atoms with Crippen LogP contribution in [0.3, 0.4) is 0 Å². The lowest BCUT2D eigenvalue weighted by molar-refractivity contribution is -0.127. The second kappa shape index (κ2) is 5.01. The number of para-hydroxylation sites is 1. The summed E-state index contributed by atoms with van der Waals surface area (Å²) in [4.78, 5) is 11.7. The molecule has 1 aromatic carbocycles. The molecule has 0 radical (unpaired) electrons. The molecule has 1 N–H and O–H groups in total. The van der Waals surface area contributed by atoms with Crippen molar-refractivity contribution < 1.29 is 9.53 Å². The Bertz CT molecular complexity index is 376. The first-order valence-corrected chi connectivity index (χ1v) is 5.77. The Morgan fingerprint density at radius 1 is 1.31 bits per heavy atom. The number of benzene rings is 1. The van der Waals surface area contributed by atoms with Crippen molar-refractivity contribution in [2.24, 2.45) is 0 Å². The Balaban J connectivity index is 2.08. The SMILES string of the molecule is Cc1ccccc1OC1CCCCNC1=O. The van der Waals surface area contributed by atoms with Crippen molar-refractivity contribution in [1.29, 1.82) is 0 Å². The summed E-state index contributed by atoms with van der Waals surface area (Å²) < 4.78 is 5.77. The summed E-state index contributed by atoms with van der Waals surface area (Å²) in [5.74, 6) is 0.824. The second-order valence-corrected chi connectivity index (χ2v) is 4.16. The van der Waals surface area contributed by atoms with E-state index >= 15 is 0 Å². The van der Waals surface area contributed by atoms with Gasteiger partial charge in [-0.3, -0.25) is 4.79 Å². The minimum Gasteiger partial charge on any atom is -0.480 e. The third-order valence-electron chi connectivity index (χ3n) is 2.85. The topological polar surface area (TPSA) is 38.3 Å². The van der Waals surface area contributed by atoms with Gasteiger partial charge < -0.3 is 10.1 Å². The van der Waals surface area contributed by atoms with Crippen molar-refractivity contribution in [3.8, 4) is 5.75 Å². The van der Waals surface area contributed by atoms with Gasteiger partial charge in [0.05, 0.1) is 0 Å². The molecule has 0 spiro atoms. The third-order valence-corrected chi connectivity index (χ3v) is 2.85. The van der Waals surface area contributed by atoms with E-state index in [1.165, 1.54) is 0 Å². The van der Waals surface area contributed by atoms with Crippen molar-refractivity contribution in [3.05, 3.63) is 29.8 Å². The standard InChI is InChI=1S/C13H17NO2/c1-10-6-2-3-7-11(10)16-12-8-4-5-9-14-13(12)15/h2-3,6-7,12H,4-5,8-9H2,1H3,(H,14,15). The van der Waals surface area contributed by atoms with Gasteiger partial charge in [0.1, 0.15) is 5.75 Å². The summed E-state index contributed by atoms with van der Waals surface area (Å²) in [6.07, 6.45) is 2.55. The predicted molar refractivity (Wildman–Crippen MR) is 62.5 cm³/mol. The Hall–Kier alpha value is -1.51. The van der Waals surface area contributed by atoms with Crippen LogP contribution < -0.4 is 10.1 Å². The number of ether oxygens (including phenoxy) is 1. The van der Waals surface area contributed by atoms with Crippen molar-refractivity contribution >= 4 is 5.91 Å². The van der Waals surface area contributed by atoms with Crippen molar-refractivity contribution in [1.82, 2.24) is 5.32 Å². The maximum absolute atomic E-state index is 11.7. The summed E-state index contributed by atoms with van der Waals surface area (Å²) >= 11 is 0. The number of carbonyl (C=O) groups is 1. The molecule has 0 aromatic heterocycles. The summed E-state index contributed by atoms with van der Waals surface area (Å²) in [5.41, 5.74) is 1.07. The average molecular weight is 219 g/mol. The molecule has 0 aliphatic carbocycles. The van der Waals surface area contributed by atoms with Crippen LogP contribution in [0.25, 0.3) is 0 Å². The maximum Gasteiger partial charge on any atom is 0.261 e. The smallest absolute Gasteiger partial charge is 0.261 e. The molecule has 1 atom stereocenters. The molecule has 1 aliphatic heterocycles. The van der Waals surface area contributed by atoms with Crippen LogP contribution in [0.1, 0.15) is 24.8 Å². The first-order chi connectivity index (χ1) is 7.77. The zero-order chi connectivity index (χ0) is 11.4. The summed E-state index contributed by atoms with van der Waals surface area (Å²) in [5, 5.41) is 2.87. The third kappa shape index (κ3) is 2.54. The molecule has 3 nitrogen and oxygen atoms in total. The molecular weight excluding hydrogens is 202 g/mol. The van der Waals surface area contributed by atoms with Gasteiger partial charge in [0, 0.05) is 6.54 Å². The highest BCUT2D eigenvalue weighted by Crippen LogP contribution is 2.20. The van der Waals surface area contributed by atoms with Crippen LogP contribution in [-0.4, -0.2) is 18.6 Å². The number of nitrogens with one attached hydrogen (secondary N) is 1. The van der Waals surface area contributed by atoms with E-state index in [2.05, 4.69) is 5.32 Å². The van der Waals surface area contributed by atoms with E-state index in [0.29, 0.717) is 0 Å². The van der Waals surface area contributed by atoms with Gasteiger partial charge in [0.25, 0.3) is 5.91 Å². The van der Waals surface area contributed by atoms with E-state index in [-0.39, 0.29) is 12.0 Å². The lowest BCUT2D eigenvalue weighted by atomic mass is 10.1. The van der Waals surface area contributed by atoms with Gasteiger partial charge in [-0.1, -0.05) is 18.2 Å². The van der Waals surface area contributed by atoms with Gasteiger partial charge in [-0.15, -0.1) is 0 Å². The molecule has 1 unspecified atom stereocenters. The molecule has 0 saturated carbocycles. The monoisotopic (exact) mass is 219 g/mol. The fraction of sp³-hybridized carbons (Fsp3) is 0.462. The van der Waals surface area contributed by atoms with E-state index in [1.807, 2.05) is 31.2 Å². The van der Waals surface area contributed by atoms with Gasteiger partial charge >= 0.3 is 0 Å². The number of rotatable bonds is 2. The number of aryl methyl sites for hydroxylation is 1. The molecule has 3 heteroatoms. The number of hydrogen-bond acceptors (Lipinski definition) is 2. The highest BCUT2D eigenvalue weighted by molar-refractivity contribution is 5.81. The maximum atomic E-state index is 11.7. The summed E-state index contributed by atoms with van der Waals surface area (Å²) in [6, 6.07) is 7.80. The van der Waals surface area contributed by atoms with E-state index in [4.69, 9.17) is 4.74 Å². The van der Waals surface area contributed by atoms with Crippen LogP contribution >= 0.6 is 0 Å². The Morgan fingerprint density at radius 3 is 2.94 bits per heavy atom. The van der Waals surface area contributed by atoms with Gasteiger partial charge in [-0.2, -0.15) is 0 Å². The number of amides is 1. The number of hydrogen-bond donors (Lipinski definition) is 1. The minimum absolute atomic E-state index is 0.0146. The van der Waals surface area contributed by atoms with E-state index in [1.54, 1.807) is 0 Å². The molecule has 1 amide bonds. The van der Waals surface area contributed by atoms with Crippen LogP contribution in [0, 0.1) is 6.92 Å². The van der Waals surface area contributed by atoms with Gasteiger partial charge in [-0.05, 0) is 37.8 Å². The fourth-order valence-electron chi connectivity index (χ4n) is 1.87. The first kappa shape index (κ1) is 11.0. The molecule has 1 fully saturated rings. The first-order valence-electron chi connectivity index (χ1n) is 5.77. The largest absolute Gasteiger partial charge is 0.480 e. The fourth-order valence-corrected chi connectivity index (χ4v) is 1.87. The highest BCUT2D eigenvalue weighted by Gasteiger charge is 2.22. The van der Waals surface area contributed by atoms with Gasteiger partial charge in [0.15, 0.2) is 6.10 Å². The molecule has 16 heavy (non-hydrogen) atoms. The number of carbonyl (C=O) groups excluding carboxylic acids is 1. The quantitative estimate of drug-likeness (QED) is 0.826. The Labute approximate surface area is 95.8 Å². The molecule has 2 rings (SSSR count). The molecule has 1 aromatic rings. The normalized spacial score (nSPS) is 21.1. The highest BCUT2D eigenvalue weighted by atomic mass is 16.5. The Morgan fingerprint density at radius 2 is 2.12 bits per heavy atom. The van der Waals surface area contributed by atoms with Crippen LogP contribution in [0.4, 0.5) is 0 Å². The lowest BCUT2D eigenvalue weighted by Gasteiger charge is -2.17. The summed E-state index contributed by atoms with van der Waals surface area (Å²) in [7, 11) is 0. The molecule has 1 saturated heterocycles. The molecule has 1 aliphatic rings. The van der Waals surface area contributed by atoms with Crippen LogP contribution in [0.5, 0.6) is 5.75 Å². The lowest BCUT2D eigenvalue weighted by Crippen LogP contribution is -2.36.